The lowest BCUT2D eigenvalue weighted by Crippen LogP contribution is -2.42. The number of hydrogen-bond acceptors (Lipinski definition) is 4. The molecule has 0 spiro atoms. The summed E-state index contributed by atoms with van der Waals surface area (Å²) in [5.74, 6) is 4.57. The summed E-state index contributed by atoms with van der Waals surface area (Å²) in [5.41, 5.74) is 2.59. The molecule has 0 aliphatic carbocycles. The summed E-state index contributed by atoms with van der Waals surface area (Å²) in [7, 11) is 0. The van der Waals surface area contributed by atoms with Crippen molar-refractivity contribution in [1.29, 1.82) is 0 Å². The zero-order chi connectivity index (χ0) is 16.4. The van der Waals surface area contributed by atoms with Crippen LogP contribution in [0.1, 0.15) is 29.9 Å². The molecule has 4 heteroatoms. The summed E-state index contributed by atoms with van der Waals surface area (Å²) in [5, 5.41) is 0. The molecule has 0 N–H and O–H groups in total. The van der Waals surface area contributed by atoms with Gasteiger partial charge in [-0.25, -0.2) is 4.40 Å². The van der Waals surface area contributed by atoms with Crippen molar-refractivity contribution in [2.75, 3.05) is 18.8 Å². The van der Waals surface area contributed by atoms with Crippen molar-refractivity contribution in [3.63, 3.8) is 0 Å². The van der Waals surface area contributed by atoms with Crippen LogP contribution in [0.2, 0.25) is 0 Å². The highest BCUT2D eigenvalue weighted by atomic mass is 32.2. The van der Waals surface area contributed by atoms with Gasteiger partial charge >= 0.3 is 0 Å². The largest absolute Gasteiger partial charge is 0.457 e. The number of aryl methyl sites for hydroxylation is 1. The Balaban J connectivity index is 1.51. The average Bonchev–Trinajstić information content (AvgIpc) is 2.64. The number of fused-ring (bicyclic) bond motifs is 1. The predicted octanol–water partition coefficient (Wildman–Crippen LogP) is 5.03. The Morgan fingerprint density at radius 1 is 1.00 bits per heavy atom. The summed E-state index contributed by atoms with van der Waals surface area (Å²) < 4.78 is 10.7. The standard InChI is InChI=1S/C20H22N2OS/c1-15-4-8-17(9-5-15)23-18-10-6-16(7-11-18)19-3-2-12-22-13-14-24-21-20(19)22/h4-11,19H,2-3,12-14H2,1H3. The third-order valence-corrected chi connectivity index (χ3v) is 5.39. The van der Waals surface area contributed by atoms with Crippen LogP contribution < -0.4 is 4.74 Å². The first-order chi connectivity index (χ1) is 11.8. The molecule has 0 radical (unpaired) electrons. The van der Waals surface area contributed by atoms with Crippen LogP contribution in [0.3, 0.4) is 0 Å². The van der Waals surface area contributed by atoms with E-state index in [1.54, 1.807) is 11.9 Å². The van der Waals surface area contributed by atoms with E-state index in [1.165, 1.54) is 29.8 Å². The second-order valence-electron chi connectivity index (χ2n) is 6.45. The van der Waals surface area contributed by atoms with Gasteiger partial charge in [-0.15, -0.1) is 0 Å². The molecule has 0 aromatic heterocycles. The first kappa shape index (κ1) is 15.6. The van der Waals surface area contributed by atoms with Gasteiger partial charge in [0.05, 0.1) is 0 Å². The van der Waals surface area contributed by atoms with Crippen LogP contribution in [0.4, 0.5) is 0 Å². The minimum atomic E-state index is 0.431. The van der Waals surface area contributed by atoms with Crippen molar-refractivity contribution in [2.24, 2.45) is 4.40 Å². The Morgan fingerprint density at radius 2 is 1.71 bits per heavy atom. The van der Waals surface area contributed by atoms with E-state index in [0.717, 1.165) is 30.3 Å². The highest BCUT2D eigenvalue weighted by Crippen LogP contribution is 2.33. The lowest BCUT2D eigenvalue weighted by atomic mass is 9.89. The van der Waals surface area contributed by atoms with Crippen molar-refractivity contribution < 1.29 is 4.74 Å². The van der Waals surface area contributed by atoms with Gasteiger partial charge in [0.15, 0.2) is 0 Å². The van der Waals surface area contributed by atoms with Gasteiger partial charge in [0.25, 0.3) is 0 Å². The van der Waals surface area contributed by atoms with Gasteiger partial charge in [0, 0.05) is 24.8 Å². The van der Waals surface area contributed by atoms with Crippen LogP contribution >= 0.6 is 11.9 Å². The summed E-state index contributed by atoms with van der Waals surface area (Å²) in [6, 6.07) is 16.7. The first-order valence-electron chi connectivity index (χ1n) is 8.59. The van der Waals surface area contributed by atoms with Gasteiger partial charge in [0.1, 0.15) is 17.3 Å². The SMILES string of the molecule is Cc1ccc(Oc2ccc(C3CCCN4CCSN=C34)cc2)cc1. The van der Waals surface area contributed by atoms with E-state index in [2.05, 4.69) is 48.2 Å². The molecule has 0 amide bonds. The first-order valence-corrected chi connectivity index (χ1v) is 9.53. The monoisotopic (exact) mass is 338 g/mol. The van der Waals surface area contributed by atoms with Gasteiger partial charge < -0.3 is 9.64 Å². The molecule has 124 valence electrons. The minimum absolute atomic E-state index is 0.431. The van der Waals surface area contributed by atoms with Gasteiger partial charge in [-0.05, 0) is 61.5 Å². The summed E-state index contributed by atoms with van der Waals surface area (Å²) in [6.45, 7) is 4.37. The van der Waals surface area contributed by atoms with E-state index in [4.69, 9.17) is 9.13 Å². The lowest BCUT2D eigenvalue weighted by Gasteiger charge is -2.37. The number of hydrogen-bond donors (Lipinski definition) is 0. The van der Waals surface area contributed by atoms with E-state index in [-0.39, 0.29) is 0 Å². The van der Waals surface area contributed by atoms with Gasteiger partial charge in [0.2, 0.25) is 0 Å². The topological polar surface area (TPSA) is 24.8 Å². The van der Waals surface area contributed by atoms with E-state index < -0.39 is 0 Å². The molecule has 0 bridgehead atoms. The molecule has 24 heavy (non-hydrogen) atoms. The fourth-order valence-corrected chi connectivity index (χ4v) is 4.16. The van der Waals surface area contributed by atoms with Crippen LogP contribution in [-0.4, -0.2) is 29.6 Å². The van der Waals surface area contributed by atoms with Crippen LogP contribution in [0, 0.1) is 6.92 Å². The minimum Gasteiger partial charge on any atom is -0.457 e. The Labute approximate surface area is 147 Å². The summed E-state index contributed by atoms with van der Waals surface area (Å²) in [4.78, 5) is 2.46. The normalized spacial score (nSPS) is 20.3. The summed E-state index contributed by atoms with van der Waals surface area (Å²) >= 11 is 1.71. The Morgan fingerprint density at radius 3 is 2.46 bits per heavy atom. The van der Waals surface area contributed by atoms with Crippen molar-refractivity contribution >= 4 is 17.8 Å². The second-order valence-corrected chi connectivity index (χ2v) is 7.30. The van der Waals surface area contributed by atoms with E-state index in [0.29, 0.717) is 5.92 Å². The van der Waals surface area contributed by atoms with E-state index >= 15 is 0 Å². The molecule has 2 aromatic carbocycles. The third kappa shape index (κ3) is 3.29. The second kappa shape index (κ2) is 6.89. The van der Waals surface area contributed by atoms with Gasteiger partial charge in [-0.2, -0.15) is 0 Å². The van der Waals surface area contributed by atoms with Crippen molar-refractivity contribution in [2.45, 2.75) is 25.7 Å². The Kier molecular flexibility index (Phi) is 4.48. The number of nitrogens with zero attached hydrogens (tertiary/aromatic N) is 2. The number of ether oxygens (including phenoxy) is 1. The Hall–Kier alpha value is -1.94. The maximum Gasteiger partial charge on any atom is 0.127 e. The lowest BCUT2D eigenvalue weighted by molar-refractivity contribution is 0.371. The van der Waals surface area contributed by atoms with Crippen molar-refractivity contribution in [1.82, 2.24) is 4.90 Å². The number of benzene rings is 2. The highest BCUT2D eigenvalue weighted by Gasteiger charge is 2.29. The fraction of sp³-hybridized carbons (Fsp3) is 0.350. The molecule has 2 heterocycles. The highest BCUT2D eigenvalue weighted by molar-refractivity contribution is 7.98. The quantitative estimate of drug-likeness (QED) is 0.734. The van der Waals surface area contributed by atoms with Crippen LogP contribution in [0.5, 0.6) is 11.5 Å². The Bertz CT molecular complexity index is 724. The molecule has 0 saturated carbocycles. The molecular formula is C20H22N2OS. The fourth-order valence-electron chi connectivity index (χ4n) is 3.39. The molecule has 1 unspecified atom stereocenters. The molecular weight excluding hydrogens is 316 g/mol. The molecule has 2 aromatic rings. The molecule has 4 rings (SSSR count). The third-order valence-electron chi connectivity index (χ3n) is 4.71. The smallest absolute Gasteiger partial charge is 0.127 e. The van der Waals surface area contributed by atoms with Gasteiger partial charge in [-0.1, -0.05) is 29.8 Å². The predicted molar refractivity (Wildman–Crippen MR) is 101 cm³/mol. The number of amidine groups is 1. The van der Waals surface area contributed by atoms with Gasteiger partial charge in [-0.3, -0.25) is 0 Å². The van der Waals surface area contributed by atoms with Crippen molar-refractivity contribution in [3.8, 4) is 11.5 Å². The van der Waals surface area contributed by atoms with Crippen LogP contribution in [0.15, 0.2) is 52.9 Å². The maximum absolute atomic E-state index is 5.94. The molecule has 1 saturated heterocycles. The van der Waals surface area contributed by atoms with E-state index in [9.17, 15) is 0 Å². The van der Waals surface area contributed by atoms with Crippen LogP contribution in [0.25, 0.3) is 0 Å². The van der Waals surface area contributed by atoms with Crippen molar-refractivity contribution in [3.05, 3.63) is 59.7 Å². The molecule has 1 fully saturated rings. The molecule has 1 atom stereocenters. The summed E-state index contributed by atoms with van der Waals surface area (Å²) in [6.07, 6.45) is 2.43. The molecule has 3 nitrogen and oxygen atoms in total. The molecule has 2 aliphatic heterocycles. The maximum atomic E-state index is 5.94. The zero-order valence-electron chi connectivity index (χ0n) is 13.9. The van der Waals surface area contributed by atoms with Crippen LogP contribution in [-0.2, 0) is 0 Å². The molecule has 2 aliphatic rings. The zero-order valence-corrected chi connectivity index (χ0v) is 14.8. The average molecular weight is 338 g/mol. The number of piperidine rings is 1. The number of rotatable bonds is 3. The van der Waals surface area contributed by atoms with E-state index in [1.807, 2.05) is 12.1 Å².